The van der Waals surface area contributed by atoms with Gasteiger partial charge < -0.3 is 9.84 Å². The van der Waals surface area contributed by atoms with Crippen molar-refractivity contribution in [3.8, 4) is 0 Å². The lowest BCUT2D eigenvalue weighted by atomic mass is 10.0. The van der Waals surface area contributed by atoms with Crippen LogP contribution in [0.25, 0.3) is 0 Å². The molecule has 7 nitrogen and oxygen atoms in total. The van der Waals surface area contributed by atoms with Gasteiger partial charge in [-0.25, -0.2) is 8.42 Å². The first-order chi connectivity index (χ1) is 10.7. The van der Waals surface area contributed by atoms with Crippen molar-refractivity contribution >= 4 is 27.3 Å². The number of aryl methyl sites for hydroxylation is 1. The fourth-order valence-corrected chi connectivity index (χ4v) is 2.65. The SMILES string of the molecule is Cc1noc(C(C)C)c1C(=O)Nc1ccc(NS(C)(=O)=O)cc1. The molecule has 0 atom stereocenters. The molecule has 0 saturated heterocycles. The molecule has 0 aliphatic heterocycles. The van der Waals surface area contributed by atoms with Crippen LogP contribution in [0.5, 0.6) is 0 Å². The number of carbonyl (C=O) groups excluding carboxylic acids is 1. The monoisotopic (exact) mass is 337 g/mol. The van der Waals surface area contributed by atoms with Gasteiger partial charge in [0.25, 0.3) is 5.91 Å². The number of aromatic nitrogens is 1. The molecule has 2 rings (SSSR count). The van der Waals surface area contributed by atoms with Crippen LogP contribution in [-0.2, 0) is 10.0 Å². The van der Waals surface area contributed by atoms with Gasteiger partial charge in [-0.1, -0.05) is 19.0 Å². The van der Waals surface area contributed by atoms with Crippen molar-refractivity contribution in [2.45, 2.75) is 26.7 Å². The average molecular weight is 337 g/mol. The van der Waals surface area contributed by atoms with Crippen LogP contribution in [-0.4, -0.2) is 25.7 Å². The molecule has 0 radical (unpaired) electrons. The minimum Gasteiger partial charge on any atom is -0.360 e. The highest BCUT2D eigenvalue weighted by molar-refractivity contribution is 7.92. The molecule has 0 saturated carbocycles. The van der Waals surface area contributed by atoms with Gasteiger partial charge in [0.1, 0.15) is 5.56 Å². The molecule has 0 unspecified atom stereocenters. The number of nitrogens with zero attached hydrogens (tertiary/aromatic N) is 1. The fourth-order valence-electron chi connectivity index (χ4n) is 2.09. The summed E-state index contributed by atoms with van der Waals surface area (Å²) in [5, 5.41) is 6.60. The Labute approximate surface area is 135 Å². The third kappa shape index (κ3) is 4.32. The summed E-state index contributed by atoms with van der Waals surface area (Å²) >= 11 is 0. The van der Waals surface area contributed by atoms with E-state index >= 15 is 0 Å². The number of sulfonamides is 1. The lowest BCUT2D eigenvalue weighted by Crippen LogP contribution is -2.15. The van der Waals surface area contributed by atoms with Crippen LogP contribution in [0.15, 0.2) is 28.8 Å². The number of nitrogens with one attached hydrogen (secondary N) is 2. The molecule has 0 fully saturated rings. The maximum atomic E-state index is 12.4. The highest BCUT2D eigenvalue weighted by Gasteiger charge is 2.22. The smallest absolute Gasteiger partial charge is 0.261 e. The summed E-state index contributed by atoms with van der Waals surface area (Å²) in [6.07, 6.45) is 1.07. The van der Waals surface area contributed by atoms with Gasteiger partial charge >= 0.3 is 0 Å². The molecule has 0 aliphatic carbocycles. The van der Waals surface area contributed by atoms with Gasteiger partial charge in [-0.3, -0.25) is 9.52 Å². The molecule has 23 heavy (non-hydrogen) atoms. The first-order valence-electron chi connectivity index (χ1n) is 7.02. The molecule has 8 heteroatoms. The van der Waals surface area contributed by atoms with E-state index in [4.69, 9.17) is 4.52 Å². The van der Waals surface area contributed by atoms with Crippen molar-refractivity contribution in [1.82, 2.24) is 5.16 Å². The summed E-state index contributed by atoms with van der Waals surface area (Å²) < 4.78 is 29.9. The van der Waals surface area contributed by atoms with Crippen molar-refractivity contribution in [2.75, 3.05) is 16.3 Å². The molecule has 124 valence electrons. The third-order valence-electron chi connectivity index (χ3n) is 3.09. The van der Waals surface area contributed by atoms with Crippen LogP contribution in [0.1, 0.15) is 41.6 Å². The quantitative estimate of drug-likeness (QED) is 0.873. The van der Waals surface area contributed by atoms with Gasteiger partial charge in [-0.15, -0.1) is 0 Å². The van der Waals surface area contributed by atoms with Gasteiger partial charge in [0.2, 0.25) is 10.0 Å². The Morgan fingerprint density at radius 3 is 2.26 bits per heavy atom. The van der Waals surface area contributed by atoms with Crippen molar-refractivity contribution in [2.24, 2.45) is 0 Å². The Morgan fingerprint density at radius 1 is 1.17 bits per heavy atom. The zero-order chi connectivity index (χ0) is 17.2. The number of hydrogen-bond donors (Lipinski definition) is 2. The van der Waals surface area contributed by atoms with Gasteiger partial charge in [0, 0.05) is 17.3 Å². The van der Waals surface area contributed by atoms with Crippen LogP contribution < -0.4 is 10.0 Å². The van der Waals surface area contributed by atoms with E-state index in [0.717, 1.165) is 6.26 Å². The van der Waals surface area contributed by atoms with E-state index in [2.05, 4.69) is 15.2 Å². The Balaban J connectivity index is 2.17. The first kappa shape index (κ1) is 17.0. The van der Waals surface area contributed by atoms with Gasteiger partial charge in [-0.05, 0) is 31.2 Å². The highest BCUT2D eigenvalue weighted by Crippen LogP contribution is 2.23. The van der Waals surface area contributed by atoms with E-state index in [9.17, 15) is 13.2 Å². The number of anilines is 2. The maximum absolute atomic E-state index is 12.4. The van der Waals surface area contributed by atoms with E-state index in [1.54, 1.807) is 31.2 Å². The normalized spacial score (nSPS) is 11.5. The molecule has 0 bridgehead atoms. The van der Waals surface area contributed by atoms with E-state index in [1.807, 2.05) is 13.8 Å². The fraction of sp³-hybridized carbons (Fsp3) is 0.333. The van der Waals surface area contributed by atoms with Gasteiger partial charge in [-0.2, -0.15) is 0 Å². The summed E-state index contributed by atoms with van der Waals surface area (Å²) in [5.74, 6) is 0.268. The molecular weight excluding hydrogens is 318 g/mol. The number of amides is 1. The number of carbonyl (C=O) groups is 1. The van der Waals surface area contributed by atoms with E-state index in [0.29, 0.717) is 28.4 Å². The van der Waals surface area contributed by atoms with Crippen LogP contribution in [0, 0.1) is 6.92 Å². The predicted octanol–water partition coefficient (Wildman–Crippen LogP) is 2.73. The lowest BCUT2D eigenvalue weighted by molar-refractivity contribution is 0.102. The second-order valence-electron chi connectivity index (χ2n) is 5.57. The van der Waals surface area contributed by atoms with Crippen molar-refractivity contribution < 1.29 is 17.7 Å². The second-order valence-corrected chi connectivity index (χ2v) is 7.32. The van der Waals surface area contributed by atoms with E-state index in [1.165, 1.54) is 0 Å². The number of hydrogen-bond acceptors (Lipinski definition) is 5. The molecule has 2 N–H and O–H groups in total. The maximum Gasteiger partial charge on any atom is 0.261 e. The largest absolute Gasteiger partial charge is 0.360 e. The number of benzene rings is 1. The van der Waals surface area contributed by atoms with Crippen LogP contribution in [0.4, 0.5) is 11.4 Å². The Morgan fingerprint density at radius 2 is 1.74 bits per heavy atom. The molecular formula is C15H19N3O4S. The summed E-state index contributed by atoms with van der Waals surface area (Å²) in [7, 11) is -3.33. The Bertz CT molecular complexity index is 808. The van der Waals surface area contributed by atoms with Crippen molar-refractivity contribution in [1.29, 1.82) is 0 Å². The average Bonchev–Trinajstić information content (AvgIpc) is 2.81. The van der Waals surface area contributed by atoms with Crippen LogP contribution in [0.3, 0.4) is 0 Å². The minimum atomic E-state index is -3.33. The summed E-state index contributed by atoms with van der Waals surface area (Å²) in [5.41, 5.74) is 1.93. The predicted molar refractivity (Wildman–Crippen MR) is 88.2 cm³/mol. The van der Waals surface area contributed by atoms with E-state index in [-0.39, 0.29) is 11.8 Å². The van der Waals surface area contributed by atoms with E-state index < -0.39 is 10.0 Å². The molecule has 0 aliphatic rings. The first-order valence-corrected chi connectivity index (χ1v) is 8.92. The molecule has 1 aromatic heterocycles. The van der Waals surface area contributed by atoms with Gasteiger partial charge in [0.05, 0.1) is 11.9 Å². The third-order valence-corrected chi connectivity index (χ3v) is 3.69. The lowest BCUT2D eigenvalue weighted by Gasteiger charge is -2.08. The zero-order valence-corrected chi connectivity index (χ0v) is 14.2. The Kier molecular flexibility index (Phi) is 4.74. The molecule has 1 aromatic carbocycles. The second kappa shape index (κ2) is 6.41. The zero-order valence-electron chi connectivity index (χ0n) is 13.4. The van der Waals surface area contributed by atoms with Crippen molar-refractivity contribution in [3.63, 3.8) is 0 Å². The summed E-state index contributed by atoms with van der Waals surface area (Å²) in [6, 6.07) is 6.37. The van der Waals surface area contributed by atoms with Crippen molar-refractivity contribution in [3.05, 3.63) is 41.3 Å². The molecule has 0 spiro atoms. The topological polar surface area (TPSA) is 101 Å². The molecule has 1 amide bonds. The highest BCUT2D eigenvalue weighted by atomic mass is 32.2. The van der Waals surface area contributed by atoms with Crippen LogP contribution in [0.2, 0.25) is 0 Å². The van der Waals surface area contributed by atoms with Crippen LogP contribution >= 0.6 is 0 Å². The summed E-state index contributed by atoms with van der Waals surface area (Å²) in [4.78, 5) is 12.4. The summed E-state index contributed by atoms with van der Waals surface area (Å²) in [6.45, 7) is 5.55. The minimum absolute atomic E-state index is 0.0401. The standard InChI is InChI=1S/C15H19N3O4S/c1-9(2)14-13(10(3)17-22-14)15(19)16-11-5-7-12(8-6-11)18-23(4,20)21/h5-9,18H,1-4H3,(H,16,19). The molecule has 2 aromatic rings. The molecule has 1 heterocycles. The number of rotatable bonds is 5. The van der Waals surface area contributed by atoms with Gasteiger partial charge in [0.15, 0.2) is 5.76 Å². The Hall–Kier alpha value is -2.35.